The van der Waals surface area contributed by atoms with Crippen LogP contribution in [0.4, 0.5) is 0 Å². The van der Waals surface area contributed by atoms with Crippen molar-refractivity contribution in [3.63, 3.8) is 0 Å². The van der Waals surface area contributed by atoms with Gasteiger partial charge in [0.15, 0.2) is 0 Å². The Hall–Kier alpha value is -0.870. The molecule has 3 nitrogen and oxygen atoms in total. The van der Waals surface area contributed by atoms with E-state index in [2.05, 4.69) is 28.2 Å². The van der Waals surface area contributed by atoms with E-state index in [1.807, 2.05) is 25.1 Å². The van der Waals surface area contributed by atoms with Crippen molar-refractivity contribution in [1.29, 1.82) is 0 Å². The van der Waals surface area contributed by atoms with E-state index in [-0.39, 0.29) is 0 Å². The Labute approximate surface area is 117 Å². The number of unbranched alkanes of at least 4 members (excludes halogenated alkanes) is 1. The smallest absolute Gasteiger partial charge is 0.320 e. The fraction of sp³-hybridized carbons (Fsp3) is 0.500. The average molecular weight is 314 g/mol. The lowest BCUT2D eigenvalue weighted by molar-refractivity contribution is -0.139. The van der Waals surface area contributed by atoms with Gasteiger partial charge in [0.05, 0.1) is 0 Å². The Balaban J connectivity index is 2.58. The molecule has 4 heteroatoms. The normalized spacial score (nSPS) is 12.4. The maximum atomic E-state index is 11.1. The molecular formula is C14H20BrNO2. The summed E-state index contributed by atoms with van der Waals surface area (Å²) in [6, 6.07) is 5.63. The van der Waals surface area contributed by atoms with Gasteiger partial charge in [-0.05, 0) is 30.5 Å². The molecule has 0 spiro atoms. The van der Waals surface area contributed by atoms with Crippen LogP contribution < -0.4 is 5.32 Å². The van der Waals surface area contributed by atoms with E-state index in [1.165, 1.54) is 5.56 Å². The molecule has 0 aromatic heterocycles. The summed E-state index contributed by atoms with van der Waals surface area (Å²) in [6.07, 6.45) is 2.62. The maximum absolute atomic E-state index is 11.1. The lowest BCUT2D eigenvalue weighted by Gasteiger charge is -2.15. The van der Waals surface area contributed by atoms with E-state index in [1.54, 1.807) is 0 Å². The van der Waals surface area contributed by atoms with E-state index in [4.69, 9.17) is 5.11 Å². The summed E-state index contributed by atoms with van der Waals surface area (Å²) in [5.74, 6) is -0.772. The van der Waals surface area contributed by atoms with E-state index in [0.29, 0.717) is 13.0 Å². The summed E-state index contributed by atoms with van der Waals surface area (Å²) < 4.78 is 1.02. The molecule has 0 fully saturated rings. The minimum Gasteiger partial charge on any atom is -0.480 e. The molecule has 0 aliphatic rings. The molecule has 18 heavy (non-hydrogen) atoms. The summed E-state index contributed by atoms with van der Waals surface area (Å²) in [5.41, 5.74) is 2.27. The molecule has 0 heterocycles. The van der Waals surface area contributed by atoms with Crippen LogP contribution in [0.1, 0.15) is 37.3 Å². The van der Waals surface area contributed by atoms with Crippen molar-refractivity contribution in [2.45, 2.75) is 45.7 Å². The topological polar surface area (TPSA) is 49.3 Å². The molecule has 0 bridgehead atoms. The molecule has 0 aliphatic heterocycles. The largest absolute Gasteiger partial charge is 0.480 e. The Bertz CT molecular complexity index is 407. The third kappa shape index (κ3) is 4.78. The van der Waals surface area contributed by atoms with Crippen LogP contribution in [0.2, 0.25) is 0 Å². The third-order valence-electron chi connectivity index (χ3n) is 2.89. The van der Waals surface area contributed by atoms with Gasteiger partial charge in [0.25, 0.3) is 0 Å². The van der Waals surface area contributed by atoms with Gasteiger partial charge in [-0.15, -0.1) is 0 Å². The fourth-order valence-corrected chi connectivity index (χ4v) is 2.38. The number of aliphatic carboxylic acids is 1. The number of nitrogens with one attached hydrogen (secondary N) is 1. The molecule has 100 valence electrons. The SMILES string of the molecule is CCCCC(NCc1ccc(C)cc1Br)C(=O)O. The number of benzene rings is 1. The number of hydrogen-bond donors (Lipinski definition) is 2. The highest BCUT2D eigenvalue weighted by Crippen LogP contribution is 2.18. The van der Waals surface area contributed by atoms with E-state index in [9.17, 15) is 4.79 Å². The zero-order valence-electron chi connectivity index (χ0n) is 10.9. The molecule has 1 aromatic carbocycles. The van der Waals surface area contributed by atoms with Crippen molar-refractivity contribution >= 4 is 21.9 Å². The third-order valence-corrected chi connectivity index (χ3v) is 3.63. The molecule has 1 aromatic rings. The van der Waals surface area contributed by atoms with Gasteiger partial charge < -0.3 is 10.4 Å². The Morgan fingerprint density at radius 3 is 2.78 bits per heavy atom. The second-order valence-corrected chi connectivity index (χ2v) is 5.36. The van der Waals surface area contributed by atoms with Crippen LogP contribution in [-0.2, 0) is 11.3 Å². The zero-order valence-corrected chi connectivity index (χ0v) is 12.5. The highest BCUT2D eigenvalue weighted by Gasteiger charge is 2.16. The van der Waals surface area contributed by atoms with Gasteiger partial charge in [0.1, 0.15) is 6.04 Å². The summed E-state index contributed by atoms with van der Waals surface area (Å²) in [6.45, 7) is 4.67. The van der Waals surface area contributed by atoms with Crippen molar-refractivity contribution in [3.8, 4) is 0 Å². The predicted octanol–water partition coefficient (Wildman–Crippen LogP) is 3.49. The summed E-state index contributed by atoms with van der Waals surface area (Å²) in [4.78, 5) is 11.1. The first-order chi connectivity index (χ1) is 8.54. The van der Waals surface area contributed by atoms with Gasteiger partial charge in [0.2, 0.25) is 0 Å². The first-order valence-electron chi connectivity index (χ1n) is 6.25. The number of rotatable bonds is 7. The van der Waals surface area contributed by atoms with Gasteiger partial charge >= 0.3 is 5.97 Å². The molecule has 1 atom stereocenters. The molecule has 1 unspecified atom stereocenters. The second kappa shape index (κ2) is 7.54. The van der Waals surface area contributed by atoms with Crippen molar-refractivity contribution < 1.29 is 9.90 Å². The van der Waals surface area contributed by atoms with Crippen LogP contribution >= 0.6 is 15.9 Å². The lowest BCUT2D eigenvalue weighted by Crippen LogP contribution is -2.36. The zero-order chi connectivity index (χ0) is 13.5. The number of carbonyl (C=O) groups is 1. The minimum atomic E-state index is -0.772. The molecular weight excluding hydrogens is 294 g/mol. The van der Waals surface area contributed by atoms with E-state index in [0.717, 1.165) is 22.9 Å². The Morgan fingerprint density at radius 2 is 2.22 bits per heavy atom. The highest BCUT2D eigenvalue weighted by molar-refractivity contribution is 9.10. The molecule has 0 saturated heterocycles. The summed E-state index contributed by atoms with van der Waals surface area (Å²) in [7, 11) is 0. The number of carboxylic acid groups (broad SMARTS) is 1. The van der Waals surface area contributed by atoms with Crippen LogP contribution in [0.3, 0.4) is 0 Å². The highest BCUT2D eigenvalue weighted by atomic mass is 79.9. The average Bonchev–Trinajstić information content (AvgIpc) is 2.31. The quantitative estimate of drug-likeness (QED) is 0.810. The van der Waals surface area contributed by atoms with Crippen molar-refractivity contribution in [3.05, 3.63) is 33.8 Å². The van der Waals surface area contributed by atoms with Crippen molar-refractivity contribution in [1.82, 2.24) is 5.32 Å². The molecule has 0 amide bonds. The lowest BCUT2D eigenvalue weighted by atomic mass is 10.1. The molecule has 2 N–H and O–H groups in total. The molecule has 0 aliphatic carbocycles. The van der Waals surface area contributed by atoms with Crippen LogP contribution in [0.5, 0.6) is 0 Å². The second-order valence-electron chi connectivity index (χ2n) is 4.51. The first kappa shape index (κ1) is 15.2. The van der Waals surface area contributed by atoms with Gasteiger partial charge in [-0.25, -0.2) is 0 Å². The Kier molecular flexibility index (Phi) is 6.36. The van der Waals surface area contributed by atoms with Crippen LogP contribution in [0, 0.1) is 6.92 Å². The number of hydrogen-bond acceptors (Lipinski definition) is 2. The summed E-state index contributed by atoms with van der Waals surface area (Å²) in [5, 5.41) is 12.2. The standard InChI is InChI=1S/C14H20BrNO2/c1-3-4-5-13(14(17)18)16-9-11-7-6-10(2)8-12(11)15/h6-8,13,16H,3-5,9H2,1-2H3,(H,17,18). The Morgan fingerprint density at radius 1 is 1.50 bits per heavy atom. The van der Waals surface area contributed by atoms with E-state index >= 15 is 0 Å². The number of halogens is 1. The van der Waals surface area contributed by atoms with Gasteiger partial charge in [-0.3, -0.25) is 4.79 Å². The van der Waals surface area contributed by atoms with Crippen molar-refractivity contribution in [2.24, 2.45) is 0 Å². The number of carboxylic acids is 1. The van der Waals surface area contributed by atoms with Crippen molar-refractivity contribution in [2.75, 3.05) is 0 Å². The van der Waals surface area contributed by atoms with Crippen LogP contribution in [-0.4, -0.2) is 17.1 Å². The maximum Gasteiger partial charge on any atom is 0.320 e. The predicted molar refractivity (Wildman–Crippen MR) is 76.7 cm³/mol. The van der Waals surface area contributed by atoms with Gasteiger partial charge in [-0.1, -0.05) is 47.8 Å². The number of aryl methyl sites for hydroxylation is 1. The molecule has 1 rings (SSSR count). The van der Waals surface area contributed by atoms with Gasteiger partial charge in [-0.2, -0.15) is 0 Å². The monoisotopic (exact) mass is 313 g/mol. The van der Waals surface area contributed by atoms with Crippen LogP contribution in [0.25, 0.3) is 0 Å². The fourth-order valence-electron chi connectivity index (χ4n) is 1.75. The molecule has 0 saturated carbocycles. The first-order valence-corrected chi connectivity index (χ1v) is 7.05. The van der Waals surface area contributed by atoms with E-state index < -0.39 is 12.0 Å². The summed E-state index contributed by atoms with van der Waals surface area (Å²) >= 11 is 3.50. The van der Waals surface area contributed by atoms with Gasteiger partial charge in [0, 0.05) is 11.0 Å². The minimum absolute atomic E-state index is 0.460. The van der Waals surface area contributed by atoms with Crippen LogP contribution in [0.15, 0.2) is 22.7 Å². The molecule has 0 radical (unpaired) electrons.